The van der Waals surface area contributed by atoms with Gasteiger partial charge in [-0.1, -0.05) is 17.7 Å². The molecule has 1 amide bonds. The fourth-order valence-electron chi connectivity index (χ4n) is 2.08. The van der Waals surface area contributed by atoms with Gasteiger partial charge in [-0.3, -0.25) is 4.79 Å². The average Bonchev–Trinajstić information content (AvgIpc) is 2.29. The van der Waals surface area contributed by atoms with Crippen LogP contribution < -0.4 is 10.6 Å². The van der Waals surface area contributed by atoms with Crippen molar-refractivity contribution in [2.24, 2.45) is 5.92 Å². The van der Waals surface area contributed by atoms with Gasteiger partial charge < -0.3 is 10.6 Å². The fraction of sp³-hybridized carbons (Fsp3) is 0.500. The van der Waals surface area contributed by atoms with Crippen LogP contribution in [0.2, 0.25) is 5.15 Å². The largest absolute Gasteiger partial charge is 0.314 e. The third-order valence-corrected chi connectivity index (χ3v) is 3.17. The van der Waals surface area contributed by atoms with Crippen molar-refractivity contribution in [2.75, 3.05) is 11.9 Å². The van der Waals surface area contributed by atoms with E-state index < -0.39 is 0 Å². The number of hydrogen-bond donors (Lipinski definition) is 2. The summed E-state index contributed by atoms with van der Waals surface area (Å²) in [5.74, 6) is 0.619. The number of nitrogens with zero attached hydrogens (tertiary/aromatic N) is 1. The summed E-state index contributed by atoms with van der Waals surface area (Å²) in [7, 11) is 0. The molecule has 2 rings (SSSR count). The average molecular weight is 254 g/mol. The lowest BCUT2D eigenvalue weighted by molar-refractivity contribution is -0.120. The molecule has 1 fully saturated rings. The lowest BCUT2D eigenvalue weighted by Crippen LogP contribution is -2.40. The summed E-state index contributed by atoms with van der Waals surface area (Å²) in [6.45, 7) is 2.99. The van der Waals surface area contributed by atoms with Gasteiger partial charge in [0.2, 0.25) is 5.91 Å². The van der Waals surface area contributed by atoms with E-state index in [2.05, 4.69) is 22.5 Å². The summed E-state index contributed by atoms with van der Waals surface area (Å²) in [6, 6.07) is 5.60. The minimum Gasteiger partial charge on any atom is -0.314 e. The molecule has 0 aromatic carbocycles. The summed E-state index contributed by atoms with van der Waals surface area (Å²) in [4.78, 5) is 16.0. The van der Waals surface area contributed by atoms with Crippen LogP contribution in [0.3, 0.4) is 0 Å². The van der Waals surface area contributed by atoms with Gasteiger partial charge in [0.05, 0.1) is 0 Å². The summed E-state index contributed by atoms with van der Waals surface area (Å²) in [5.41, 5.74) is 0. The van der Waals surface area contributed by atoms with Gasteiger partial charge in [-0.25, -0.2) is 4.98 Å². The molecular formula is C12H16ClN3O. The van der Waals surface area contributed by atoms with Crippen molar-refractivity contribution < 1.29 is 4.79 Å². The SMILES string of the molecule is CC1CC(C(=O)Nc2cccc(Cl)n2)CCN1. The molecule has 2 N–H and O–H groups in total. The molecule has 0 aliphatic carbocycles. The molecule has 2 atom stereocenters. The predicted molar refractivity (Wildman–Crippen MR) is 68.1 cm³/mol. The van der Waals surface area contributed by atoms with E-state index in [1.165, 1.54) is 0 Å². The zero-order valence-corrected chi connectivity index (χ0v) is 10.5. The quantitative estimate of drug-likeness (QED) is 0.794. The van der Waals surface area contributed by atoms with E-state index >= 15 is 0 Å². The van der Waals surface area contributed by atoms with Crippen LogP contribution in [0.4, 0.5) is 5.82 Å². The first-order chi connectivity index (χ1) is 8.15. The van der Waals surface area contributed by atoms with Gasteiger partial charge in [-0.2, -0.15) is 0 Å². The van der Waals surface area contributed by atoms with Gasteiger partial charge in [-0.05, 0) is 38.4 Å². The summed E-state index contributed by atoms with van der Waals surface area (Å²) in [6.07, 6.45) is 1.74. The Balaban J connectivity index is 1.96. The Kier molecular flexibility index (Phi) is 3.97. The van der Waals surface area contributed by atoms with Crippen molar-refractivity contribution in [3.63, 3.8) is 0 Å². The third kappa shape index (κ3) is 3.41. The maximum atomic E-state index is 12.0. The van der Waals surface area contributed by atoms with Gasteiger partial charge >= 0.3 is 0 Å². The summed E-state index contributed by atoms with van der Waals surface area (Å²) in [5, 5.41) is 6.52. The van der Waals surface area contributed by atoms with Crippen LogP contribution >= 0.6 is 11.6 Å². The number of aromatic nitrogens is 1. The van der Waals surface area contributed by atoms with Crippen LogP contribution in [0.5, 0.6) is 0 Å². The molecule has 5 heteroatoms. The molecular weight excluding hydrogens is 238 g/mol. The number of amides is 1. The molecule has 0 spiro atoms. The van der Waals surface area contributed by atoms with Gasteiger partial charge in [0.25, 0.3) is 0 Å². The number of nitrogens with one attached hydrogen (secondary N) is 2. The second-order valence-corrected chi connectivity index (χ2v) is 4.80. The molecule has 2 heterocycles. The highest BCUT2D eigenvalue weighted by atomic mass is 35.5. The van der Waals surface area contributed by atoms with Crippen LogP contribution in [-0.2, 0) is 4.79 Å². The zero-order valence-electron chi connectivity index (χ0n) is 9.74. The van der Waals surface area contributed by atoms with Crippen LogP contribution in [0.25, 0.3) is 0 Å². The molecule has 1 aliphatic heterocycles. The van der Waals surface area contributed by atoms with E-state index in [1.807, 2.05) is 0 Å². The summed E-state index contributed by atoms with van der Waals surface area (Å²) < 4.78 is 0. The molecule has 1 aromatic rings. The zero-order chi connectivity index (χ0) is 12.3. The second kappa shape index (κ2) is 5.47. The Morgan fingerprint density at radius 1 is 1.59 bits per heavy atom. The maximum absolute atomic E-state index is 12.0. The molecule has 0 radical (unpaired) electrons. The van der Waals surface area contributed by atoms with Crippen molar-refractivity contribution >= 4 is 23.3 Å². The number of hydrogen-bond acceptors (Lipinski definition) is 3. The lowest BCUT2D eigenvalue weighted by Gasteiger charge is -2.26. The number of carbonyl (C=O) groups excluding carboxylic acids is 1. The minimum atomic E-state index is 0.0353. The van der Waals surface area contributed by atoms with E-state index in [9.17, 15) is 4.79 Å². The van der Waals surface area contributed by atoms with Crippen LogP contribution in [0.1, 0.15) is 19.8 Å². The van der Waals surface area contributed by atoms with E-state index in [1.54, 1.807) is 18.2 Å². The Morgan fingerprint density at radius 2 is 2.41 bits per heavy atom. The Morgan fingerprint density at radius 3 is 3.12 bits per heavy atom. The molecule has 4 nitrogen and oxygen atoms in total. The monoisotopic (exact) mass is 253 g/mol. The van der Waals surface area contributed by atoms with E-state index in [4.69, 9.17) is 11.6 Å². The topological polar surface area (TPSA) is 54.0 Å². The highest BCUT2D eigenvalue weighted by molar-refractivity contribution is 6.29. The Bertz CT molecular complexity index is 410. The van der Waals surface area contributed by atoms with E-state index in [0.717, 1.165) is 19.4 Å². The standard InChI is InChI=1S/C12H16ClN3O/c1-8-7-9(5-6-14-8)12(17)16-11-4-2-3-10(13)15-11/h2-4,8-9,14H,5-7H2,1H3,(H,15,16,17). The smallest absolute Gasteiger partial charge is 0.228 e. The molecule has 92 valence electrons. The van der Waals surface area contributed by atoms with Gasteiger partial charge in [0, 0.05) is 12.0 Å². The van der Waals surface area contributed by atoms with Crippen molar-refractivity contribution in [2.45, 2.75) is 25.8 Å². The summed E-state index contributed by atoms with van der Waals surface area (Å²) >= 11 is 5.76. The first-order valence-corrected chi connectivity index (χ1v) is 6.20. The highest BCUT2D eigenvalue weighted by Gasteiger charge is 2.24. The van der Waals surface area contributed by atoms with Crippen LogP contribution in [-0.4, -0.2) is 23.5 Å². The second-order valence-electron chi connectivity index (χ2n) is 4.41. The van der Waals surface area contributed by atoms with Gasteiger partial charge in [0.1, 0.15) is 11.0 Å². The molecule has 0 saturated carbocycles. The number of piperidine rings is 1. The van der Waals surface area contributed by atoms with E-state index in [0.29, 0.717) is 17.0 Å². The van der Waals surface area contributed by atoms with Crippen molar-refractivity contribution in [3.8, 4) is 0 Å². The number of anilines is 1. The van der Waals surface area contributed by atoms with Crippen molar-refractivity contribution in [1.29, 1.82) is 0 Å². The normalized spacial score (nSPS) is 24.4. The molecule has 17 heavy (non-hydrogen) atoms. The Labute approximate surface area is 106 Å². The molecule has 1 saturated heterocycles. The molecule has 1 aliphatic rings. The first kappa shape index (κ1) is 12.3. The number of rotatable bonds is 2. The van der Waals surface area contributed by atoms with Crippen molar-refractivity contribution in [3.05, 3.63) is 23.4 Å². The number of pyridine rings is 1. The predicted octanol–water partition coefficient (Wildman–Crippen LogP) is 2.06. The minimum absolute atomic E-state index is 0.0353. The van der Waals surface area contributed by atoms with Crippen LogP contribution in [0, 0.1) is 5.92 Å². The van der Waals surface area contributed by atoms with Gasteiger partial charge in [-0.15, -0.1) is 0 Å². The Hall–Kier alpha value is -1.13. The molecule has 2 unspecified atom stereocenters. The fourth-order valence-corrected chi connectivity index (χ4v) is 2.24. The third-order valence-electron chi connectivity index (χ3n) is 2.96. The lowest BCUT2D eigenvalue weighted by atomic mass is 9.92. The number of halogens is 1. The van der Waals surface area contributed by atoms with Crippen LogP contribution in [0.15, 0.2) is 18.2 Å². The van der Waals surface area contributed by atoms with Gasteiger partial charge in [0.15, 0.2) is 0 Å². The van der Waals surface area contributed by atoms with E-state index in [-0.39, 0.29) is 11.8 Å². The molecule has 0 bridgehead atoms. The maximum Gasteiger partial charge on any atom is 0.228 e. The highest BCUT2D eigenvalue weighted by Crippen LogP contribution is 2.18. The number of carbonyl (C=O) groups is 1. The molecule has 1 aromatic heterocycles. The first-order valence-electron chi connectivity index (χ1n) is 5.82. The van der Waals surface area contributed by atoms with Crippen molar-refractivity contribution in [1.82, 2.24) is 10.3 Å².